The highest BCUT2D eigenvalue weighted by Gasteiger charge is 2.36. The molecule has 43 heteroatoms. The van der Waals surface area contributed by atoms with Crippen molar-refractivity contribution in [1.82, 2.24) is 88.2 Å². The van der Waals surface area contributed by atoms with Crippen LogP contribution >= 0.6 is 8.18 Å². The molecule has 1 aliphatic heterocycles. The van der Waals surface area contributed by atoms with E-state index in [2.05, 4.69) is 74.1 Å². The highest BCUT2D eigenvalue weighted by atomic mass is 31.1. The van der Waals surface area contributed by atoms with Gasteiger partial charge in [0.2, 0.25) is 47.3 Å². The van der Waals surface area contributed by atoms with Crippen LogP contribution in [0.5, 0.6) is 0 Å². The third kappa shape index (κ3) is 33.5. The van der Waals surface area contributed by atoms with Crippen LogP contribution in [0.3, 0.4) is 0 Å². The Bertz CT molecular complexity index is 2850. The zero-order valence-corrected chi connectivity index (χ0v) is 54.0. The minimum absolute atomic E-state index is 0.0000822. The number of hydrogen-bond donors (Lipinski definition) is 25. The molecule has 0 bridgehead atoms. The van der Waals surface area contributed by atoms with Gasteiger partial charge in [0.1, 0.15) is 48.2 Å². The van der Waals surface area contributed by atoms with Gasteiger partial charge in [-0.25, -0.2) is 14.3 Å². The van der Waals surface area contributed by atoms with Crippen molar-refractivity contribution in [3.8, 4) is 0 Å². The van der Waals surface area contributed by atoms with Crippen LogP contribution < -0.4 is 115 Å². The number of nitrogen functional groups attached to an aromatic ring is 1. The Labute approximate surface area is 542 Å². The summed E-state index contributed by atoms with van der Waals surface area (Å²) < 4.78 is 26.5. The SMILES string of the molecule is CC(=O)N[C@@H](CCCNC(=N)N)C(=O)N[C@@H](CCCNC(=N)N)C(=O)N[C@@H](CCCNC(N)=O)C(=O)N[C@@H](CCCNC(=N)N)C(=O)N[C@@H](CCCNC(=N)N)C(=O)N[C@@H](CCCNC(=N)N)C(=O)NCC(=O)N1C[C@@H](CO[PH](=O)N(C)C)O[C@@H](n2ccc(N)nc2=O)C1. The maximum Gasteiger partial charge on any atom is 0.351 e. The molecule has 9 atom stereocenters. The molecule has 528 valence electrons. The number of nitrogens with two attached hydrogens (primary N) is 7. The molecule has 0 aliphatic carbocycles. The third-order valence-corrected chi connectivity index (χ3v) is 14.7. The van der Waals surface area contributed by atoms with Crippen LogP contribution in [0.25, 0.3) is 0 Å². The second kappa shape index (κ2) is 43.1. The van der Waals surface area contributed by atoms with Crippen molar-refractivity contribution in [2.45, 2.75) is 133 Å². The van der Waals surface area contributed by atoms with Crippen LogP contribution in [0.15, 0.2) is 17.1 Å². The van der Waals surface area contributed by atoms with E-state index in [1.54, 1.807) is 0 Å². The standard InChI is InChI=1S/C51H96N29O13P/c1-28(81)71-31(11-5-18-65-46(55)56)40(84)73-33(13-7-20-67-48(59)60)42(86)76-35(15-9-22-69-50(63)89)44(88)75-34(14-8-21-68-49(61)62)43(87)74-32(12-6-19-66-47(57)58)41(85)72-30(10-4-17-64-45(53)54)39(83)70-24-37(82)79-25-29(27-92-94(91)78(2)3)93-38(26-79)80-23-16-36(52)77-51(80)90/h16,23,29-35,38,94H,4-15,17-22,24-27H2,1-3H3,(H,70,83)(H,71,81)(H,72,85)(H,73,84)(H,74,87)(H,75,88)(H,76,86)(H2,52,77,90)(H4,53,54,64)(H4,55,56,65)(H4,57,58,66)(H4,59,60,67)(H4,61,62,68)(H3,63,69,89)/t29-,30-,31-,32-,33-,34-,35-,38+/m0/s1. The van der Waals surface area contributed by atoms with Crippen LogP contribution in [-0.4, -0.2) is 224 Å². The van der Waals surface area contributed by atoms with Gasteiger partial charge < -0.3 is 123 Å². The van der Waals surface area contributed by atoms with Gasteiger partial charge in [0.05, 0.1) is 19.7 Å². The van der Waals surface area contributed by atoms with Gasteiger partial charge in [0.15, 0.2) is 36.0 Å². The van der Waals surface area contributed by atoms with Gasteiger partial charge >= 0.3 is 11.7 Å². The molecule has 0 saturated carbocycles. The molecule has 1 aromatic rings. The molecule has 1 aliphatic rings. The van der Waals surface area contributed by atoms with E-state index in [9.17, 15) is 52.5 Å². The summed E-state index contributed by atoms with van der Waals surface area (Å²) in [7, 11) is 0.366. The molecule has 2 heterocycles. The molecule has 1 aromatic heterocycles. The van der Waals surface area contributed by atoms with Crippen molar-refractivity contribution in [3.05, 3.63) is 22.7 Å². The van der Waals surface area contributed by atoms with Gasteiger partial charge in [-0.1, -0.05) is 0 Å². The Morgan fingerprint density at radius 1 is 0.564 bits per heavy atom. The minimum Gasteiger partial charge on any atom is -0.383 e. The Morgan fingerprint density at radius 3 is 1.22 bits per heavy atom. The number of urea groups is 1. The minimum atomic E-state index is -2.70. The van der Waals surface area contributed by atoms with Crippen LogP contribution in [0, 0.1) is 27.0 Å². The summed E-state index contributed by atoms with van der Waals surface area (Å²) in [6.07, 6.45) is -1.05. The molecule has 94 heavy (non-hydrogen) atoms. The largest absolute Gasteiger partial charge is 0.383 e. The summed E-state index contributed by atoms with van der Waals surface area (Å²) >= 11 is 0. The summed E-state index contributed by atoms with van der Waals surface area (Å²) in [5, 5.41) is 71.4. The smallest absolute Gasteiger partial charge is 0.351 e. The van der Waals surface area contributed by atoms with Crippen LogP contribution in [-0.2, 0) is 52.2 Å². The van der Waals surface area contributed by atoms with E-state index < -0.39 is 140 Å². The second-order valence-electron chi connectivity index (χ2n) is 21.6. The van der Waals surface area contributed by atoms with Gasteiger partial charge in [-0.15, -0.1) is 0 Å². The Morgan fingerprint density at radius 2 is 0.904 bits per heavy atom. The molecule has 42 nitrogen and oxygen atoms in total. The number of nitrogens with zero attached hydrogens (tertiary/aromatic N) is 4. The first-order valence-electron chi connectivity index (χ1n) is 30.0. The lowest BCUT2D eigenvalue weighted by Gasteiger charge is -2.38. The van der Waals surface area contributed by atoms with Crippen molar-refractivity contribution < 1.29 is 57.0 Å². The number of aromatic nitrogens is 2. The normalized spacial score (nSPS) is 15.6. The van der Waals surface area contributed by atoms with Crippen LogP contribution in [0.2, 0.25) is 0 Å². The number of ether oxygens (including phenoxy) is 1. The summed E-state index contributed by atoms with van der Waals surface area (Å²) in [5.74, 6) is -8.78. The van der Waals surface area contributed by atoms with Gasteiger partial charge in [-0.2, -0.15) is 4.98 Å². The Hall–Kier alpha value is -9.83. The predicted octanol–water partition coefficient (Wildman–Crippen LogP) is -8.67. The predicted molar refractivity (Wildman–Crippen MR) is 345 cm³/mol. The highest BCUT2D eigenvalue weighted by molar-refractivity contribution is 7.36. The number of anilines is 1. The summed E-state index contributed by atoms with van der Waals surface area (Å²) in [6, 6.07) is -8.20. The van der Waals surface area contributed by atoms with Crippen molar-refractivity contribution >= 4 is 97.1 Å². The maximum atomic E-state index is 14.7. The van der Waals surface area contributed by atoms with E-state index in [0.29, 0.717) is 0 Å². The molecular formula is C51H96N29O13P. The fraction of sp³-hybridized carbons (Fsp3) is 0.647. The highest BCUT2D eigenvalue weighted by Crippen LogP contribution is 2.27. The Balaban J connectivity index is 2.59. The fourth-order valence-electron chi connectivity index (χ4n) is 8.99. The van der Waals surface area contributed by atoms with E-state index in [0.717, 1.165) is 4.57 Å². The number of nitrogens with one attached hydrogen (secondary N) is 18. The number of primary amides is 1. The molecule has 32 N–H and O–H groups in total. The number of morpholine rings is 1. The van der Waals surface area contributed by atoms with E-state index in [4.69, 9.17) is 76.4 Å². The second-order valence-corrected chi connectivity index (χ2v) is 23.4. The molecule has 0 aromatic carbocycles. The first-order valence-corrected chi connectivity index (χ1v) is 31.2. The number of amides is 10. The molecule has 0 radical (unpaired) electrons. The first-order chi connectivity index (χ1) is 44.4. The van der Waals surface area contributed by atoms with Crippen LogP contribution in [0.4, 0.5) is 10.6 Å². The third-order valence-electron chi connectivity index (χ3n) is 13.6. The molecular weight excluding hydrogens is 1260 g/mol. The molecule has 1 unspecified atom stereocenters. The van der Waals surface area contributed by atoms with Crippen molar-refractivity contribution in [1.29, 1.82) is 27.0 Å². The maximum absolute atomic E-state index is 14.7. The van der Waals surface area contributed by atoms with Gasteiger partial charge in [0, 0.05) is 58.9 Å². The number of rotatable bonds is 43. The molecule has 0 spiro atoms. The monoisotopic (exact) mass is 1350 g/mol. The number of carbonyl (C=O) groups excluding carboxylic acids is 9. The van der Waals surface area contributed by atoms with Gasteiger partial charge in [-0.05, 0) is 97.2 Å². The number of carbonyl (C=O) groups is 9. The average molecular weight is 1350 g/mol. The number of hydrogen-bond acceptors (Lipinski definition) is 20. The summed E-state index contributed by atoms with van der Waals surface area (Å²) in [6.45, 7) is 0.0379. The molecule has 2 rings (SSSR count). The van der Waals surface area contributed by atoms with Gasteiger partial charge in [-0.3, -0.25) is 74.5 Å². The zero-order valence-electron chi connectivity index (χ0n) is 53.0. The topological polar surface area (TPSA) is 688 Å². The van der Waals surface area contributed by atoms with Gasteiger partial charge in [0.25, 0.3) is 8.18 Å². The average Bonchev–Trinajstić information content (AvgIpc) is 0.879. The quantitative estimate of drug-likeness (QED) is 0.0125. The first kappa shape index (κ1) is 80.3. The number of guanidine groups is 5. The molecule has 1 fully saturated rings. The lowest BCUT2D eigenvalue weighted by atomic mass is 10.0. The van der Waals surface area contributed by atoms with Crippen LogP contribution in [0.1, 0.15) is 90.2 Å². The van der Waals surface area contributed by atoms with E-state index in [-0.39, 0.29) is 154 Å². The van der Waals surface area contributed by atoms with E-state index in [1.807, 2.05) is 0 Å². The molecule has 10 amide bonds. The van der Waals surface area contributed by atoms with E-state index >= 15 is 0 Å². The Kier molecular flexibility index (Phi) is 36.8. The van der Waals surface area contributed by atoms with Crippen molar-refractivity contribution in [2.75, 3.05) is 85.3 Å². The lowest BCUT2D eigenvalue weighted by molar-refractivity contribution is -0.158. The summed E-state index contributed by atoms with van der Waals surface area (Å²) in [5.41, 5.74) is 37.5. The summed E-state index contributed by atoms with van der Waals surface area (Å²) in [4.78, 5) is 142. The molecule has 1 saturated heterocycles. The van der Waals surface area contributed by atoms with Crippen molar-refractivity contribution in [2.24, 2.45) is 34.4 Å². The zero-order chi connectivity index (χ0) is 70.5. The van der Waals surface area contributed by atoms with Crippen molar-refractivity contribution in [3.63, 3.8) is 0 Å². The fourth-order valence-corrected chi connectivity index (χ4v) is 9.57. The van der Waals surface area contributed by atoms with E-state index in [1.165, 1.54) is 42.9 Å². The lowest BCUT2D eigenvalue weighted by Crippen LogP contribution is -2.60.